The first-order valence-electron chi connectivity index (χ1n) is 7.90. The molecule has 0 N–H and O–H groups in total. The second-order valence-electron chi connectivity index (χ2n) is 6.78. The molecule has 4 nitrogen and oxygen atoms in total. The van der Waals surface area contributed by atoms with Crippen molar-refractivity contribution in [2.75, 3.05) is 0 Å². The van der Waals surface area contributed by atoms with Crippen LogP contribution in [0.25, 0.3) is 0 Å². The predicted molar refractivity (Wildman–Crippen MR) is 83.0 cm³/mol. The average Bonchev–Trinajstić information content (AvgIpc) is 2.83. The molecule has 120 valence electrons. The van der Waals surface area contributed by atoms with E-state index in [1.807, 2.05) is 6.92 Å². The molecular formula is C17H22O4S. The number of hydrogen-bond donors (Lipinski definition) is 0. The van der Waals surface area contributed by atoms with E-state index in [9.17, 15) is 13.2 Å². The molecule has 5 heteroatoms. The van der Waals surface area contributed by atoms with E-state index in [-0.39, 0.29) is 16.4 Å². The fourth-order valence-corrected chi connectivity index (χ4v) is 4.80. The summed E-state index contributed by atoms with van der Waals surface area (Å²) < 4.78 is 30.0. The molecule has 2 saturated carbocycles. The lowest BCUT2D eigenvalue weighted by molar-refractivity contribution is -0.118. The summed E-state index contributed by atoms with van der Waals surface area (Å²) >= 11 is 0. The Morgan fingerprint density at radius 2 is 1.73 bits per heavy atom. The highest BCUT2D eigenvalue weighted by molar-refractivity contribution is 7.86. The highest BCUT2D eigenvalue weighted by atomic mass is 32.2. The van der Waals surface area contributed by atoms with Crippen molar-refractivity contribution in [2.45, 2.75) is 62.9 Å². The van der Waals surface area contributed by atoms with Crippen LogP contribution in [-0.4, -0.2) is 20.3 Å². The molecule has 22 heavy (non-hydrogen) atoms. The maximum absolute atomic E-state index is 12.3. The fourth-order valence-electron chi connectivity index (χ4n) is 3.67. The fraction of sp³-hybridized carbons (Fsp3) is 0.588. The molecule has 2 fully saturated rings. The third-order valence-electron chi connectivity index (χ3n) is 5.07. The van der Waals surface area contributed by atoms with Gasteiger partial charge in [0.1, 0.15) is 5.78 Å². The standard InChI is InChI=1S/C17H22O4S/c1-13-2-4-16(5-3-13)22(19,20)21-15-7-10-17(11-8-15)9-6-14(18)12-17/h2-5,15H,6-12H2,1H3. The van der Waals surface area contributed by atoms with E-state index < -0.39 is 10.1 Å². The van der Waals surface area contributed by atoms with Gasteiger partial charge < -0.3 is 0 Å². The van der Waals surface area contributed by atoms with Crippen LogP contribution in [0, 0.1) is 12.3 Å². The summed E-state index contributed by atoms with van der Waals surface area (Å²) in [5, 5.41) is 0. The quantitative estimate of drug-likeness (QED) is 0.800. The molecule has 0 bridgehead atoms. The Morgan fingerprint density at radius 1 is 1.09 bits per heavy atom. The Bertz CT molecular complexity index is 652. The normalized spacial score (nSPS) is 29.1. The van der Waals surface area contributed by atoms with E-state index in [2.05, 4.69) is 0 Å². The predicted octanol–water partition coefficient (Wildman–Crippen LogP) is 3.38. The summed E-state index contributed by atoms with van der Waals surface area (Å²) in [7, 11) is -3.69. The van der Waals surface area contributed by atoms with Crippen LogP contribution < -0.4 is 0 Å². The molecule has 1 aromatic carbocycles. The topological polar surface area (TPSA) is 60.4 Å². The van der Waals surface area contributed by atoms with Crippen LogP contribution in [0.3, 0.4) is 0 Å². The molecule has 0 unspecified atom stereocenters. The number of benzene rings is 1. The lowest BCUT2D eigenvalue weighted by atomic mass is 9.72. The van der Waals surface area contributed by atoms with Crippen LogP contribution in [0.4, 0.5) is 0 Å². The van der Waals surface area contributed by atoms with Crippen molar-refractivity contribution in [2.24, 2.45) is 5.41 Å². The van der Waals surface area contributed by atoms with Crippen LogP contribution >= 0.6 is 0 Å². The molecule has 1 aromatic rings. The summed E-state index contributed by atoms with van der Waals surface area (Å²) in [6, 6.07) is 6.72. The maximum atomic E-state index is 12.3. The molecule has 0 aromatic heterocycles. The van der Waals surface area contributed by atoms with E-state index in [1.165, 1.54) is 0 Å². The summed E-state index contributed by atoms with van der Waals surface area (Å²) in [5.41, 5.74) is 1.15. The van der Waals surface area contributed by atoms with Gasteiger partial charge in [0.15, 0.2) is 0 Å². The van der Waals surface area contributed by atoms with Gasteiger partial charge in [0, 0.05) is 12.8 Å². The van der Waals surface area contributed by atoms with Gasteiger partial charge in [-0.2, -0.15) is 8.42 Å². The van der Waals surface area contributed by atoms with Gasteiger partial charge in [0.2, 0.25) is 0 Å². The van der Waals surface area contributed by atoms with Crippen LogP contribution in [0.5, 0.6) is 0 Å². The van der Waals surface area contributed by atoms with Crippen molar-refractivity contribution >= 4 is 15.9 Å². The summed E-state index contributed by atoms with van der Waals surface area (Å²) in [4.78, 5) is 11.7. The second-order valence-corrected chi connectivity index (χ2v) is 8.35. The number of carbonyl (C=O) groups is 1. The lowest BCUT2D eigenvalue weighted by Crippen LogP contribution is -2.30. The monoisotopic (exact) mass is 322 g/mol. The van der Waals surface area contributed by atoms with Crippen LogP contribution in [-0.2, 0) is 19.1 Å². The molecule has 0 heterocycles. The zero-order valence-electron chi connectivity index (χ0n) is 12.9. The number of aryl methyl sites for hydroxylation is 1. The largest absolute Gasteiger partial charge is 0.300 e. The van der Waals surface area contributed by atoms with Gasteiger partial charge in [0.05, 0.1) is 11.0 Å². The van der Waals surface area contributed by atoms with Gasteiger partial charge in [-0.3, -0.25) is 8.98 Å². The summed E-state index contributed by atoms with van der Waals surface area (Å²) in [6.07, 6.45) is 5.30. The molecule has 0 radical (unpaired) electrons. The SMILES string of the molecule is Cc1ccc(S(=O)(=O)OC2CCC3(CCC(=O)C3)CC2)cc1. The summed E-state index contributed by atoms with van der Waals surface area (Å²) in [6.45, 7) is 1.92. The molecule has 3 rings (SSSR count). The van der Waals surface area contributed by atoms with E-state index in [0.29, 0.717) is 18.6 Å². The highest BCUT2D eigenvalue weighted by Gasteiger charge is 2.42. The number of rotatable bonds is 3. The van der Waals surface area contributed by atoms with Gasteiger partial charge in [-0.25, -0.2) is 0 Å². The molecule has 0 aliphatic heterocycles. The van der Waals surface area contributed by atoms with Crippen molar-refractivity contribution in [3.8, 4) is 0 Å². The third kappa shape index (κ3) is 3.25. The smallest absolute Gasteiger partial charge is 0.297 e. The number of Topliss-reactive ketones (excluding diaryl/α,β-unsaturated/α-hetero) is 1. The maximum Gasteiger partial charge on any atom is 0.297 e. The van der Waals surface area contributed by atoms with Crippen LogP contribution in [0.15, 0.2) is 29.2 Å². The van der Waals surface area contributed by atoms with Gasteiger partial charge in [-0.1, -0.05) is 17.7 Å². The molecule has 2 aliphatic rings. The lowest BCUT2D eigenvalue weighted by Gasteiger charge is -2.36. The average molecular weight is 322 g/mol. The van der Waals surface area contributed by atoms with Crippen molar-refractivity contribution in [1.82, 2.24) is 0 Å². The van der Waals surface area contributed by atoms with Gasteiger partial charge in [-0.05, 0) is 56.6 Å². The van der Waals surface area contributed by atoms with E-state index >= 15 is 0 Å². The highest BCUT2D eigenvalue weighted by Crippen LogP contribution is 2.48. The molecule has 2 aliphatic carbocycles. The first-order valence-corrected chi connectivity index (χ1v) is 9.31. The minimum absolute atomic E-state index is 0.130. The Morgan fingerprint density at radius 3 is 2.27 bits per heavy atom. The number of carbonyl (C=O) groups excluding carboxylic acids is 1. The molecular weight excluding hydrogens is 300 g/mol. The zero-order valence-corrected chi connectivity index (χ0v) is 13.7. The third-order valence-corrected chi connectivity index (χ3v) is 6.45. The van der Waals surface area contributed by atoms with Crippen LogP contribution in [0.1, 0.15) is 50.5 Å². The van der Waals surface area contributed by atoms with E-state index in [0.717, 1.165) is 37.7 Å². The first-order chi connectivity index (χ1) is 10.4. The minimum atomic E-state index is -3.69. The molecule has 0 atom stereocenters. The van der Waals surface area contributed by atoms with Crippen molar-refractivity contribution in [3.05, 3.63) is 29.8 Å². The van der Waals surface area contributed by atoms with E-state index in [4.69, 9.17) is 4.18 Å². The van der Waals surface area contributed by atoms with Gasteiger partial charge in [-0.15, -0.1) is 0 Å². The van der Waals surface area contributed by atoms with Crippen molar-refractivity contribution in [1.29, 1.82) is 0 Å². The Hall–Kier alpha value is -1.20. The zero-order chi connectivity index (χ0) is 15.8. The Labute approximate surface area is 132 Å². The van der Waals surface area contributed by atoms with Crippen molar-refractivity contribution in [3.63, 3.8) is 0 Å². The number of ketones is 1. The second kappa shape index (κ2) is 5.78. The van der Waals surface area contributed by atoms with Gasteiger partial charge in [0.25, 0.3) is 10.1 Å². The van der Waals surface area contributed by atoms with Crippen LogP contribution in [0.2, 0.25) is 0 Å². The Balaban J connectivity index is 1.62. The number of hydrogen-bond acceptors (Lipinski definition) is 4. The minimum Gasteiger partial charge on any atom is -0.300 e. The van der Waals surface area contributed by atoms with Crippen molar-refractivity contribution < 1.29 is 17.4 Å². The molecule has 0 amide bonds. The summed E-state index contributed by atoms with van der Waals surface area (Å²) in [5.74, 6) is 0.353. The molecule has 1 spiro atoms. The van der Waals surface area contributed by atoms with Gasteiger partial charge >= 0.3 is 0 Å². The Kier molecular flexibility index (Phi) is 4.12. The molecule has 0 saturated heterocycles. The van der Waals surface area contributed by atoms with E-state index in [1.54, 1.807) is 24.3 Å². The first kappa shape index (κ1) is 15.7.